The Kier molecular flexibility index (Phi) is 4.53. The predicted octanol–water partition coefficient (Wildman–Crippen LogP) is 1.21. The Morgan fingerprint density at radius 1 is 1.50 bits per heavy atom. The van der Waals surface area contributed by atoms with E-state index in [0.29, 0.717) is 11.1 Å². The lowest BCUT2D eigenvalue weighted by molar-refractivity contribution is 0.0939. The normalized spacial score (nSPS) is 11.3. The number of hydrogen-bond donors (Lipinski definition) is 3. The molecule has 2 aromatic rings. The van der Waals surface area contributed by atoms with Crippen molar-refractivity contribution < 1.29 is 4.79 Å². The summed E-state index contributed by atoms with van der Waals surface area (Å²) in [4.78, 5) is 12.3. The first-order valence-corrected chi connectivity index (χ1v) is 6.30. The Morgan fingerprint density at radius 2 is 2.30 bits per heavy atom. The summed E-state index contributed by atoms with van der Waals surface area (Å²) in [6.45, 7) is 2.16. The molecule has 1 unspecified atom stereocenters. The van der Waals surface area contributed by atoms with Gasteiger partial charge in [0.25, 0.3) is 5.91 Å². The van der Waals surface area contributed by atoms with Gasteiger partial charge in [-0.2, -0.15) is 5.10 Å². The number of H-pyrrole nitrogens is 1. The van der Waals surface area contributed by atoms with Gasteiger partial charge >= 0.3 is 0 Å². The number of hydrogen-bond acceptors (Lipinski definition) is 3. The van der Waals surface area contributed by atoms with Crippen molar-refractivity contribution in [2.75, 3.05) is 6.54 Å². The van der Waals surface area contributed by atoms with Crippen LogP contribution < -0.4 is 11.1 Å². The minimum absolute atomic E-state index is 0.128. The highest BCUT2D eigenvalue weighted by atomic mass is 16.1. The van der Waals surface area contributed by atoms with Crippen LogP contribution in [0.25, 0.3) is 0 Å². The van der Waals surface area contributed by atoms with Crippen LogP contribution in [0.1, 0.15) is 34.5 Å². The van der Waals surface area contributed by atoms with E-state index in [0.717, 1.165) is 5.56 Å². The Bertz CT molecular complexity index is 637. The first-order chi connectivity index (χ1) is 9.72. The molecule has 1 aromatic heterocycles. The summed E-state index contributed by atoms with van der Waals surface area (Å²) >= 11 is 0. The lowest BCUT2D eigenvalue weighted by Gasteiger charge is -2.12. The van der Waals surface area contributed by atoms with Crippen LogP contribution in [-0.2, 0) is 0 Å². The molecule has 0 saturated heterocycles. The molecular weight excluding hydrogens is 252 g/mol. The molecule has 1 atom stereocenters. The number of aromatic nitrogens is 2. The second-order valence-electron chi connectivity index (χ2n) is 4.28. The van der Waals surface area contributed by atoms with Crippen LogP contribution in [0.15, 0.2) is 36.7 Å². The molecule has 0 radical (unpaired) electrons. The molecule has 0 aliphatic rings. The SMILES string of the molecule is CC(NC(=O)c1ccccc1C#CCN)c1cn[nH]c1. The number of amides is 1. The first kappa shape index (κ1) is 13.8. The molecular formula is C15H16N4O. The summed E-state index contributed by atoms with van der Waals surface area (Å²) in [5.74, 6) is 5.50. The summed E-state index contributed by atoms with van der Waals surface area (Å²) in [6, 6.07) is 7.08. The molecule has 0 spiro atoms. The quantitative estimate of drug-likeness (QED) is 0.732. The van der Waals surface area contributed by atoms with E-state index in [1.807, 2.05) is 19.1 Å². The topological polar surface area (TPSA) is 83.8 Å². The number of rotatable bonds is 3. The number of carbonyl (C=O) groups excluding carboxylic acids is 1. The van der Waals surface area contributed by atoms with Gasteiger partial charge in [0.2, 0.25) is 0 Å². The highest BCUT2D eigenvalue weighted by molar-refractivity contribution is 5.96. The highest BCUT2D eigenvalue weighted by Crippen LogP contribution is 2.12. The third-order valence-corrected chi connectivity index (χ3v) is 2.86. The molecule has 1 aromatic carbocycles. The lowest BCUT2D eigenvalue weighted by Crippen LogP contribution is -2.27. The van der Waals surface area contributed by atoms with Crippen LogP contribution in [-0.4, -0.2) is 22.6 Å². The zero-order valence-electron chi connectivity index (χ0n) is 11.2. The summed E-state index contributed by atoms with van der Waals surface area (Å²) in [5, 5.41) is 9.51. The van der Waals surface area contributed by atoms with Crippen molar-refractivity contribution in [3.05, 3.63) is 53.3 Å². The van der Waals surface area contributed by atoms with Crippen LogP contribution >= 0.6 is 0 Å². The molecule has 5 heteroatoms. The minimum Gasteiger partial charge on any atom is -0.345 e. The van der Waals surface area contributed by atoms with Gasteiger partial charge in [-0.05, 0) is 19.1 Å². The maximum atomic E-state index is 12.3. The lowest BCUT2D eigenvalue weighted by atomic mass is 10.1. The average Bonchev–Trinajstić information content (AvgIpc) is 2.99. The summed E-state index contributed by atoms with van der Waals surface area (Å²) in [6.07, 6.45) is 3.44. The van der Waals surface area contributed by atoms with Gasteiger partial charge in [-0.3, -0.25) is 9.89 Å². The number of nitrogens with two attached hydrogens (primary N) is 1. The molecule has 0 aliphatic heterocycles. The number of carbonyl (C=O) groups is 1. The summed E-state index contributed by atoms with van der Waals surface area (Å²) < 4.78 is 0. The van der Waals surface area contributed by atoms with E-state index >= 15 is 0 Å². The van der Waals surface area contributed by atoms with Gasteiger partial charge < -0.3 is 11.1 Å². The second kappa shape index (κ2) is 6.55. The van der Waals surface area contributed by atoms with Gasteiger partial charge in [0.15, 0.2) is 0 Å². The van der Waals surface area contributed by atoms with Crippen molar-refractivity contribution in [1.29, 1.82) is 0 Å². The molecule has 1 heterocycles. The van der Waals surface area contributed by atoms with Crippen molar-refractivity contribution in [1.82, 2.24) is 15.5 Å². The van der Waals surface area contributed by atoms with E-state index < -0.39 is 0 Å². The van der Waals surface area contributed by atoms with Gasteiger partial charge in [0.05, 0.1) is 24.3 Å². The third-order valence-electron chi connectivity index (χ3n) is 2.86. The van der Waals surface area contributed by atoms with Crippen LogP contribution in [0.2, 0.25) is 0 Å². The van der Waals surface area contributed by atoms with Crippen LogP contribution in [0.5, 0.6) is 0 Å². The summed E-state index contributed by atoms with van der Waals surface area (Å²) in [7, 11) is 0. The van der Waals surface area contributed by atoms with Gasteiger partial charge in [-0.15, -0.1) is 0 Å². The molecule has 102 valence electrons. The van der Waals surface area contributed by atoms with Crippen molar-refractivity contribution in [2.45, 2.75) is 13.0 Å². The molecule has 0 saturated carbocycles. The fourth-order valence-corrected chi connectivity index (χ4v) is 1.79. The molecule has 4 N–H and O–H groups in total. The molecule has 0 fully saturated rings. The smallest absolute Gasteiger partial charge is 0.253 e. The van der Waals surface area contributed by atoms with E-state index in [1.54, 1.807) is 24.5 Å². The van der Waals surface area contributed by atoms with E-state index in [1.165, 1.54) is 0 Å². The van der Waals surface area contributed by atoms with Crippen molar-refractivity contribution in [3.63, 3.8) is 0 Å². The molecule has 2 rings (SSSR count). The zero-order chi connectivity index (χ0) is 14.4. The van der Waals surface area contributed by atoms with Crippen LogP contribution in [0, 0.1) is 11.8 Å². The van der Waals surface area contributed by atoms with Crippen molar-refractivity contribution >= 4 is 5.91 Å². The van der Waals surface area contributed by atoms with Crippen LogP contribution in [0.4, 0.5) is 0 Å². The average molecular weight is 268 g/mol. The fourth-order valence-electron chi connectivity index (χ4n) is 1.79. The van der Waals surface area contributed by atoms with Gasteiger partial charge in [-0.25, -0.2) is 0 Å². The Balaban J connectivity index is 2.17. The Morgan fingerprint density at radius 3 is 3.00 bits per heavy atom. The molecule has 20 heavy (non-hydrogen) atoms. The van der Waals surface area contributed by atoms with E-state index in [9.17, 15) is 4.79 Å². The zero-order valence-corrected chi connectivity index (χ0v) is 11.2. The highest BCUT2D eigenvalue weighted by Gasteiger charge is 2.14. The molecule has 0 bridgehead atoms. The van der Waals surface area contributed by atoms with E-state index in [-0.39, 0.29) is 18.5 Å². The standard InChI is InChI=1S/C15H16N4O/c1-11(13-9-17-18-10-13)19-15(20)14-7-3-2-5-12(14)6-4-8-16/h2-3,5,7,9-11H,8,16H2,1H3,(H,17,18)(H,19,20). The van der Waals surface area contributed by atoms with Gasteiger partial charge in [0.1, 0.15) is 0 Å². The number of nitrogens with zero attached hydrogens (tertiary/aromatic N) is 1. The predicted molar refractivity (Wildman–Crippen MR) is 76.8 cm³/mol. The van der Waals surface area contributed by atoms with E-state index in [4.69, 9.17) is 5.73 Å². The largest absolute Gasteiger partial charge is 0.345 e. The minimum atomic E-state index is -0.166. The summed E-state index contributed by atoms with van der Waals surface area (Å²) in [5.41, 5.74) is 7.50. The first-order valence-electron chi connectivity index (χ1n) is 6.30. The Labute approximate surface area is 117 Å². The maximum absolute atomic E-state index is 12.3. The fraction of sp³-hybridized carbons (Fsp3) is 0.200. The van der Waals surface area contributed by atoms with E-state index in [2.05, 4.69) is 27.4 Å². The maximum Gasteiger partial charge on any atom is 0.253 e. The second-order valence-corrected chi connectivity index (χ2v) is 4.28. The molecule has 5 nitrogen and oxygen atoms in total. The molecule has 1 amide bonds. The number of aromatic amines is 1. The van der Waals surface area contributed by atoms with Crippen LogP contribution in [0.3, 0.4) is 0 Å². The Hall–Kier alpha value is -2.58. The number of nitrogens with one attached hydrogen (secondary N) is 2. The molecule has 0 aliphatic carbocycles. The van der Waals surface area contributed by atoms with Gasteiger partial charge in [0, 0.05) is 17.3 Å². The van der Waals surface area contributed by atoms with Crippen molar-refractivity contribution in [2.24, 2.45) is 5.73 Å². The van der Waals surface area contributed by atoms with Crippen molar-refractivity contribution in [3.8, 4) is 11.8 Å². The van der Waals surface area contributed by atoms with Gasteiger partial charge in [-0.1, -0.05) is 24.0 Å². The monoisotopic (exact) mass is 268 g/mol. The number of benzene rings is 1. The third kappa shape index (κ3) is 3.25.